The number of imide groups is 1. The molecule has 2 amide bonds. The molecule has 6 heteroatoms. The Morgan fingerprint density at radius 3 is 2.86 bits per heavy atom. The predicted molar refractivity (Wildman–Crippen MR) is 83.7 cm³/mol. The van der Waals surface area contributed by atoms with Gasteiger partial charge in [-0.05, 0) is 41.5 Å². The van der Waals surface area contributed by atoms with Crippen molar-refractivity contribution in [1.29, 1.82) is 0 Å². The number of amides is 2. The molecule has 0 aliphatic carbocycles. The fourth-order valence-electron chi connectivity index (χ4n) is 2.28. The SMILES string of the molecule is CC(C)Cn1cnc2cc(/C=C3\SC(=O)NC3=O)ccc21. The highest BCUT2D eigenvalue weighted by molar-refractivity contribution is 8.18. The zero-order valence-electron chi connectivity index (χ0n) is 11.8. The molecule has 0 saturated carbocycles. The van der Waals surface area contributed by atoms with Gasteiger partial charge in [0.25, 0.3) is 11.1 Å². The van der Waals surface area contributed by atoms with Crippen molar-refractivity contribution in [2.24, 2.45) is 5.92 Å². The maximum Gasteiger partial charge on any atom is 0.290 e. The van der Waals surface area contributed by atoms with Crippen molar-refractivity contribution in [2.75, 3.05) is 0 Å². The minimum absolute atomic E-state index is 0.325. The first-order valence-electron chi connectivity index (χ1n) is 6.72. The van der Waals surface area contributed by atoms with Gasteiger partial charge in [-0.2, -0.15) is 0 Å². The summed E-state index contributed by atoms with van der Waals surface area (Å²) in [5.41, 5.74) is 2.83. The zero-order chi connectivity index (χ0) is 15.0. The fourth-order valence-corrected chi connectivity index (χ4v) is 2.96. The number of rotatable bonds is 3. The molecule has 3 rings (SSSR count). The fraction of sp³-hybridized carbons (Fsp3) is 0.267. The van der Waals surface area contributed by atoms with E-state index in [4.69, 9.17) is 0 Å². The molecule has 1 aliphatic heterocycles. The number of carbonyl (C=O) groups is 2. The van der Waals surface area contributed by atoms with Crippen molar-refractivity contribution < 1.29 is 9.59 Å². The topological polar surface area (TPSA) is 64.0 Å². The van der Waals surface area contributed by atoms with Gasteiger partial charge in [0, 0.05) is 6.54 Å². The van der Waals surface area contributed by atoms with Crippen molar-refractivity contribution in [3.8, 4) is 0 Å². The maximum atomic E-state index is 11.5. The summed E-state index contributed by atoms with van der Waals surface area (Å²) < 4.78 is 2.12. The number of nitrogens with one attached hydrogen (secondary N) is 1. The summed E-state index contributed by atoms with van der Waals surface area (Å²) in [6, 6.07) is 5.86. The van der Waals surface area contributed by atoms with Gasteiger partial charge in [-0.15, -0.1) is 0 Å². The van der Waals surface area contributed by atoms with Gasteiger partial charge in [0.15, 0.2) is 0 Å². The van der Waals surface area contributed by atoms with Crippen LogP contribution >= 0.6 is 11.8 Å². The molecule has 1 fully saturated rings. The summed E-state index contributed by atoms with van der Waals surface area (Å²) in [4.78, 5) is 27.5. The van der Waals surface area contributed by atoms with E-state index >= 15 is 0 Å². The van der Waals surface area contributed by atoms with E-state index in [0.29, 0.717) is 10.8 Å². The molecule has 0 bridgehead atoms. The molecule has 5 nitrogen and oxygen atoms in total. The average Bonchev–Trinajstić information content (AvgIpc) is 2.93. The molecular weight excluding hydrogens is 286 g/mol. The molecule has 1 N–H and O–H groups in total. The lowest BCUT2D eigenvalue weighted by atomic mass is 10.1. The molecule has 1 saturated heterocycles. The summed E-state index contributed by atoms with van der Waals surface area (Å²) in [6.07, 6.45) is 3.55. The van der Waals surface area contributed by atoms with E-state index in [1.807, 2.05) is 24.5 Å². The van der Waals surface area contributed by atoms with Crippen LogP contribution in [0, 0.1) is 5.92 Å². The molecule has 108 valence electrons. The van der Waals surface area contributed by atoms with Crippen LogP contribution < -0.4 is 5.32 Å². The smallest absolute Gasteiger partial charge is 0.290 e. The van der Waals surface area contributed by atoms with Gasteiger partial charge in [-0.25, -0.2) is 4.98 Å². The maximum absolute atomic E-state index is 11.5. The minimum Gasteiger partial charge on any atom is -0.330 e. The number of nitrogens with zero attached hydrogens (tertiary/aromatic N) is 2. The van der Waals surface area contributed by atoms with Crippen LogP contribution in [0.3, 0.4) is 0 Å². The average molecular weight is 301 g/mol. The molecule has 1 aromatic heterocycles. The second-order valence-corrected chi connectivity index (χ2v) is 6.41. The molecule has 1 aliphatic rings. The van der Waals surface area contributed by atoms with E-state index in [0.717, 1.165) is 34.9 Å². The third kappa shape index (κ3) is 2.85. The van der Waals surface area contributed by atoms with Crippen LogP contribution in [0.5, 0.6) is 0 Å². The first kappa shape index (κ1) is 13.9. The summed E-state index contributed by atoms with van der Waals surface area (Å²) in [5.74, 6) is 0.212. The Morgan fingerprint density at radius 2 is 2.19 bits per heavy atom. The van der Waals surface area contributed by atoms with Gasteiger partial charge >= 0.3 is 0 Å². The van der Waals surface area contributed by atoms with Gasteiger partial charge in [0.2, 0.25) is 0 Å². The molecule has 1 aromatic carbocycles. The lowest BCUT2D eigenvalue weighted by Crippen LogP contribution is -2.17. The highest BCUT2D eigenvalue weighted by Gasteiger charge is 2.24. The van der Waals surface area contributed by atoms with E-state index in [2.05, 4.69) is 28.7 Å². The van der Waals surface area contributed by atoms with Crippen LogP contribution in [-0.4, -0.2) is 20.7 Å². The summed E-state index contributed by atoms with van der Waals surface area (Å²) in [6.45, 7) is 5.25. The van der Waals surface area contributed by atoms with E-state index < -0.39 is 0 Å². The first-order chi connectivity index (χ1) is 10.0. The quantitative estimate of drug-likeness (QED) is 0.885. The van der Waals surface area contributed by atoms with Crippen molar-refractivity contribution >= 4 is 40.0 Å². The number of thioether (sulfide) groups is 1. The largest absolute Gasteiger partial charge is 0.330 e. The highest BCUT2D eigenvalue weighted by Crippen LogP contribution is 2.26. The van der Waals surface area contributed by atoms with Crippen molar-refractivity contribution in [2.45, 2.75) is 20.4 Å². The van der Waals surface area contributed by atoms with Gasteiger partial charge in [-0.3, -0.25) is 14.9 Å². The number of hydrogen-bond acceptors (Lipinski definition) is 4. The van der Waals surface area contributed by atoms with Crippen LogP contribution in [0.2, 0.25) is 0 Å². The zero-order valence-corrected chi connectivity index (χ0v) is 12.6. The van der Waals surface area contributed by atoms with Gasteiger partial charge < -0.3 is 4.57 Å². The van der Waals surface area contributed by atoms with Gasteiger partial charge in [-0.1, -0.05) is 19.9 Å². The Bertz CT molecular complexity index is 761. The number of hydrogen-bond donors (Lipinski definition) is 1. The third-order valence-electron chi connectivity index (χ3n) is 3.15. The Hall–Kier alpha value is -2.08. The number of fused-ring (bicyclic) bond motifs is 1. The number of benzene rings is 1. The molecule has 0 unspecified atom stereocenters. The van der Waals surface area contributed by atoms with Crippen molar-refractivity contribution in [3.05, 3.63) is 35.0 Å². The molecule has 2 heterocycles. The normalized spacial score (nSPS) is 17.2. The van der Waals surface area contributed by atoms with Crippen LogP contribution in [0.1, 0.15) is 19.4 Å². The summed E-state index contributed by atoms with van der Waals surface area (Å²) >= 11 is 0.923. The second-order valence-electron chi connectivity index (χ2n) is 5.39. The van der Waals surface area contributed by atoms with E-state index in [1.54, 1.807) is 6.08 Å². The van der Waals surface area contributed by atoms with Crippen molar-refractivity contribution in [1.82, 2.24) is 14.9 Å². The molecule has 0 atom stereocenters. The first-order valence-corrected chi connectivity index (χ1v) is 7.54. The predicted octanol–water partition coefficient (Wildman–Crippen LogP) is 3.02. The molecule has 21 heavy (non-hydrogen) atoms. The van der Waals surface area contributed by atoms with Crippen LogP contribution in [0.15, 0.2) is 29.4 Å². The lowest BCUT2D eigenvalue weighted by molar-refractivity contribution is -0.115. The Morgan fingerprint density at radius 1 is 1.38 bits per heavy atom. The molecule has 0 spiro atoms. The van der Waals surface area contributed by atoms with Crippen LogP contribution in [0.25, 0.3) is 17.1 Å². The Labute approximate surface area is 126 Å². The van der Waals surface area contributed by atoms with Gasteiger partial charge in [0.1, 0.15) is 0 Å². The number of aromatic nitrogens is 2. The molecule has 0 radical (unpaired) electrons. The number of imidazole rings is 1. The molecular formula is C15H15N3O2S. The standard InChI is InChI=1S/C15H15N3O2S/c1-9(2)7-18-8-16-11-5-10(3-4-12(11)18)6-13-14(19)17-15(20)21-13/h3-6,8-9H,7H2,1-2H3,(H,17,19,20)/b13-6-. The minimum atomic E-state index is -0.338. The van der Waals surface area contributed by atoms with Crippen LogP contribution in [0.4, 0.5) is 4.79 Å². The summed E-state index contributed by atoms with van der Waals surface area (Å²) in [7, 11) is 0. The van der Waals surface area contributed by atoms with E-state index in [9.17, 15) is 9.59 Å². The summed E-state index contributed by atoms with van der Waals surface area (Å²) in [5, 5.41) is 1.92. The Kier molecular flexibility index (Phi) is 3.55. The monoisotopic (exact) mass is 301 g/mol. The number of carbonyl (C=O) groups excluding carboxylic acids is 2. The second kappa shape index (κ2) is 5.37. The third-order valence-corrected chi connectivity index (χ3v) is 3.96. The highest BCUT2D eigenvalue weighted by atomic mass is 32.2. The van der Waals surface area contributed by atoms with E-state index in [1.165, 1.54) is 0 Å². The van der Waals surface area contributed by atoms with E-state index in [-0.39, 0.29) is 11.1 Å². The van der Waals surface area contributed by atoms with Crippen LogP contribution in [-0.2, 0) is 11.3 Å². The lowest BCUT2D eigenvalue weighted by Gasteiger charge is -2.07. The Balaban J connectivity index is 1.94. The van der Waals surface area contributed by atoms with Gasteiger partial charge in [0.05, 0.1) is 22.3 Å². The van der Waals surface area contributed by atoms with Crippen molar-refractivity contribution in [3.63, 3.8) is 0 Å². The molecule has 2 aromatic rings.